The Hall–Kier alpha value is -1.03. The van der Waals surface area contributed by atoms with E-state index in [1.54, 1.807) is 0 Å². The zero-order chi connectivity index (χ0) is 14.2. The van der Waals surface area contributed by atoms with E-state index in [1.807, 2.05) is 0 Å². The SMILES string of the molecule is O=C1CCCN(S(=O)(=O)c2cc([N+](=O)[O-])c(Cl)s2)C1. The Morgan fingerprint density at radius 1 is 1.47 bits per heavy atom. The summed E-state index contributed by atoms with van der Waals surface area (Å²) >= 11 is 6.27. The third-order valence-electron chi connectivity index (χ3n) is 2.65. The average molecular weight is 325 g/mol. The van der Waals surface area contributed by atoms with Crippen molar-refractivity contribution in [3.63, 3.8) is 0 Å². The molecule has 1 saturated heterocycles. The second kappa shape index (κ2) is 5.16. The largest absolute Gasteiger partial charge is 0.300 e. The minimum Gasteiger partial charge on any atom is -0.298 e. The monoisotopic (exact) mass is 324 g/mol. The predicted octanol–water partition coefficient (Wildman–Crippen LogP) is 1.66. The highest BCUT2D eigenvalue weighted by Gasteiger charge is 2.33. The van der Waals surface area contributed by atoms with Gasteiger partial charge in [-0.15, -0.1) is 11.3 Å². The van der Waals surface area contributed by atoms with Crippen LogP contribution in [0.25, 0.3) is 0 Å². The molecule has 0 atom stereocenters. The molecule has 0 bridgehead atoms. The van der Waals surface area contributed by atoms with Gasteiger partial charge >= 0.3 is 0 Å². The van der Waals surface area contributed by atoms with Crippen LogP contribution in [0.5, 0.6) is 0 Å². The van der Waals surface area contributed by atoms with Gasteiger partial charge in [0.25, 0.3) is 15.7 Å². The van der Waals surface area contributed by atoms with Gasteiger partial charge in [-0.05, 0) is 6.42 Å². The fraction of sp³-hybridized carbons (Fsp3) is 0.444. The summed E-state index contributed by atoms with van der Waals surface area (Å²) in [6.07, 6.45) is 0.816. The Balaban J connectivity index is 2.36. The topological polar surface area (TPSA) is 97.6 Å². The third kappa shape index (κ3) is 2.78. The maximum Gasteiger partial charge on any atom is 0.300 e. The van der Waals surface area contributed by atoms with E-state index in [0.29, 0.717) is 24.2 Å². The lowest BCUT2D eigenvalue weighted by Crippen LogP contribution is -2.39. The number of rotatable bonds is 3. The summed E-state index contributed by atoms with van der Waals surface area (Å²) in [5.41, 5.74) is -0.437. The number of carbonyl (C=O) groups excluding carboxylic acids is 1. The minimum atomic E-state index is -3.89. The summed E-state index contributed by atoms with van der Waals surface area (Å²) < 4.78 is 25.1. The van der Waals surface area contributed by atoms with E-state index in [0.717, 1.165) is 10.4 Å². The molecule has 0 aliphatic carbocycles. The van der Waals surface area contributed by atoms with Gasteiger partial charge in [0.15, 0.2) is 4.34 Å². The molecule has 1 aliphatic rings. The number of ketones is 1. The lowest BCUT2D eigenvalue weighted by atomic mass is 10.1. The zero-order valence-electron chi connectivity index (χ0n) is 9.54. The molecule has 1 aromatic rings. The van der Waals surface area contributed by atoms with Gasteiger partial charge in [0, 0.05) is 19.0 Å². The Morgan fingerprint density at radius 2 is 2.16 bits per heavy atom. The van der Waals surface area contributed by atoms with Crippen LogP contribution >= 0.6 is 22.9 Å². The van der Waals surface area contributed by atoms with Crippen LogP contribution in [0.15, 0.2) is 10.3 Å². The number of hydrogen-bond donors (Lipinski definition) is 0. The van der Waals surface area contributed by atoms with Crippen molar-refractivity contribution >= 4 is 44.4 Å². The Labute approximate surface area is 118 Å². The van der Waals surface area contributed by atoms with E-state index >= 15 is 0 Å². The van der Waals surface area contributed by atoms with Crippen molar-refractivity contribution in [2.24, 2.45) is 0 Å². The first-order valence-electron chi connectivity index (χ1n) is 5.28. The van der Waals surface area contributed by atoms with Gasteiger partial charge < -0.3 is 0 Å². The van der Waals surface area contributed by atoms with Crippen LogP contribution in [-0.2, 0) is 14.8 Å². The van der Waals surface area contributed by atoms with Crippen LogP contribution in [-0.4, -0.2) is 36.5 Å². The standard InChI is InChI=1S/C9H9ClN2O5S2/c10-9-7(12(14)15)4-8(18-9)19(16,17)11-3-1-2-6(13)5-11/h4H,1-3,5H2. The highest BCUT2D eigenvalue weighted by molar-refractivity contribution is 7.91. The first kappa shape index (κ1) is 14.4. The van der Waals surface area contributed by atoms with Crippen LogP contribution in [0.1, 0.15) is 12.8 Å². The quantitative estimate of drug-likeness (QED) is 0.622. The summed E-state index contributed by atoms with van der Waals surface area (Å²) in [7, 11) is -3.89. The van der Waals surface area contributed by atoms with Crippen molar-refractivity contribution in [1.29, 1.82) is 0 Å². The summed E-state index contributed by atoms with van der Waals surface area (Å²) in [6.45, 7) is 0.0447. The molecule has 104 valence electrons. The number of thiophene rings is 1. The Morgan fingerprint density at radius 3 is 2.68 bits per heavy atom. The van der Waals surface area contributed by atoms with Gasteiger partial charge in [-0.1, -0.05) is 11.6 Å². The second-order valence-electron chi connectivity index (χ2n) is 3.96. The van der Waals surface area contributed by atoms with Crippen LogP contribution in [0.2, 0.25) is 4.34 Å². The lowest BCUT2D eigenvalue weighted by Gasteiger charge is -2.24. The molecule has 2 heterocycles. The minimum absolute atomic E-state index is 0.160. The number of nitrogens with zero attached hydrogens (tertiary/aromatic N) is 2. The van der Waals surface area contributed by atoms with Crippen LogP contribution in [0.3, 0.4) is 0 Å². The van der Waals surface area contributed by atoms with Crippen molar-refractivity contribution in [3.8, 4) is 0 Å². The van der Waals surface area contributed by atoms with Crippen molar-refractivity contribution in [2.45, 2.75) is 17.1 Å². The molecule has 0 N–H and O–H groups in total. The molecular formula is C9H9ClN2O5S2. The molecule has 2 rings (SSSR count). The van der Waals surface area contributed by atoms with Crippen molar-refractivity contribution in [2.75, 3.05) is 13.1 Å². The first-order chi connectivity index (χ1) is 8.82. The maximum atomic E-state index is 12.2. The summed E-state index contributed by atoms with van der Waals surface area (Å²) in [5.74, 6) is -0.160. The number of sulfonamides is 1. The fourth-order valence-electron chi connectivity index (χ4n) is 1.73. The lowest BCUT2D eigenvalue weighted by molar-refractivity contribution is -0.384. The molecule has 0 spiro atoms. The number of hydrogen-bond acceptors (Lipinski definition) is 6. The van der Waals surface area contributed by atoms with Crippen molar-refractivity contribution in [3.05, 3.63) is 20.5 Å². The zero-order valence-corrected chi connectivity index (χ0v) is 11.9. The van der Waals surface area contributed by atoms with E-state index in [2.05, 4.69) is 0 Å². The third-order valence-corrected chi connectivity index (χ3v) is 6.29. The Bertz CT molecular complexity index is 639. The summed E-state index contributed by atoms with van der Waals surface area (Å²) in [6, 6.07) is 0.932. The van der Waals surface area contributed by atoms with E-state index in [1.165, 1.54) is 0 Å². The second-order valence-corrected chi connectivity index (χ2v) is 7.78. The van der Waals surface area contributed by atoms with E-state index in [9.17, 15) is 23.3 Å². The fourth-order valence-corrected chi connectivity index (χ4v) is 5.01. The normalized spacial score (nSPS) is 17.6. The molecule has 1 fully saturated rings. The van der Waals surface area contributed by atoms with Crippen molar-refractivity contribution in [1.82, 2.24) is 4.31 Å². The van der Waals surface area contributed by atoms with Gasteiger partial charge in [0.05, 0.1) is 11.5 Å². The van der Waals surface area contributed by atoms with Gasteiger partial charge in [-0.2, -0.15) is 4.31 Å². The van der Waals surface area contributed by atoms with Gasteiger partial charge in [-0.25, -0.2) is 8.42 Å². The summed E-state index contributed by atoms with van der Waals surface area (Å²) in [5, 5.41) is 10.7. The molecule has 7 nitrogen and oxygen atoms in total. The molecular weight excluding hydrogens is 316 g/mol. The van der Waals surface area contributed by atoms with Crippen LogP contribution < -0.4 is 0 Å². The smallest absolute Gasteiger partial charge is 0.298 e. The molecule has 1 aliphatic heterocycles. The highest BCUT2D eigenvalue weighted by Crippen LogP contribution is 2.37. The summed E-state index contributed by atoms with van der Waals surface area (Å²) in [4.78, 5) is 21.2. The first-order valence-corrected chi connectivity index (χ1v) is 7.91. The van der Waals surface area contributed by atoms with Crippen LogP contribution in [0, 0.1) is 10.1 Å². The molecule has 10 heteroatoms. The van der Waals surface area contributed by atoms with E-state index < -0.39 is 20.6 Å². The van der Waals surface area contributed by atoms with Gasteiger partial charge in [0.1, 0.15) is 9.99 Å². The molecule has 0 radical (unpaired) electrons. The number of carbonyl (C=O) groups is 1. The molecule has 0 aromatic carbocycles. The average Bonchev–Trinajstić information content (AvgIpc) is 2.72. The molecule has 19 heavy (non-hydrogen) atoms. The van der Waals surface area contributed by atoms with E-state index in [4.69, 9.17) is 11.6 Å². The Kier molecular flexibility index (Phi) is 3.90. The van der Waals surface area contributed by atoms with Gasteiger partial charge in [-0.3, -0.25) is 14.9 Å². The number of Topliss-reactive ketones (excluding diaryl/α,β-unsaturated/α-hetero) is 1. The maximum absolute atomic E-state index is 12.2. The molecule has 0 unspecified atom stereocenters. The van der Waals surface area contributed by atoms with Crippen LogP contribution in [0.4, 0.5) is 5.69 Å². The van der Waals surface area contributed by atoms with Gasteiger partial charge in [0.2, 0.25) is 0 Å². The molecule has 0 amide bonds. The highest BCUT2D eigenvalue weighted by atomic mass is 35.5. The van der Waals surface area contributed by atoms with Crippen molar-refractivity contribution < 1.29 is 18.1 Å². The molecule has 0 saturated carbocycles. The number of piperidine rings is 1. The number of nitro groups is 1. The predicted molar refractivity (Wildman–Crippen MR) is 69.0 cm³/mol. The number of halogens is 1. The molecule has 1 aromatic heterocycles. The van der Waals surface area contributed by atoms with E-state index in [-0.39, 0.29) is 27.4 Å².